The summed E-state index contributed by atoms with van der Waals surface area (Å²) in [4.78, 5) is 41.8. The lowest BCUT2D eigenvalue weighted by atomic mass is 9.76. The number of aliphatic hydroxyl groups excluding tert-OH is 1. The normalized spacial score (nSPS) is 29.5. The van der Waals surface area contributed by atoms with E-state index in [4.69, 9.17) is 11.6 Å². The molecule has 2 saturated heterocycles. The Bertz CT molecular complexity index is 1200. The average Bonchev–Trinajstić information content (AvgIpc) is 3.33. The van der Waals surface area contributed by atoms with E-state index >= 15 is 0 Å². The molecule has 33 heavy (non-hydrogen) atoms. The lowest BCUT2D eigenvalue weighted by Crippen LogP contribution is -2.56. The lowest BCUT2D eigenvalue weighted by Gasteiger charge is -2.35. The first-order chi connectivity index (χ1) is 15.5. The van der Waals surface area contributed by atoms with E-state index in [0.29, 0.717) is 16.3 Å². The van der Waals surface area contributed by atoms with Crippen molar-refractivity contribution in [1.82, 2.24) is 10.2 Å². The van der Waals surface area contributed by atoms with Crippen LogP contribution in [0.2, 0.25) is 5.02 Å². The van der Waals surface area contributed by atoms with Crippen LogP contribution in [-0.4, -0.2) is 39.3 Å². The minimum Gasteiger partial charge on any atom is -0.387 e. The van der Waals surface area contributed by atoms with Gasteiger partial charge in [0.15, 0.2) is 0 Å². The first-order valence-electron chi connectivity index (χ1n) is 10.7. The quantitative estimate of drug-likeness (QED) is 0.585. The molecule has 0 aliphatic carbocycles. The van der Waals surface area contributed by atoms with Crippen molar-refractivity contribution in [2.24, 2.45) is 11.8 Å². The predicted octanol–water partition coefficient (Wildman–Crippen LogP) is 2.73. The Morgan fingerprint density at radius 3 is 2.39 bits per heavy atom. The molecule has 3 aliphatic rings. The van der Waals surface area contributed by atoms with Gasteiger partial charge in [-0.2, -0.15) is 0 Å². The van der Waals surface area contributed by atoms with Gasteiger partial charge in [-0.3, -0.25) is 24.6 Å². The van der Waals surface area contributed by atoms with E-state index in [1.807, 2.05) is 0 Å². The molecule has 2 aromatic rings. The number of nitrogens with one attached hydrogen (secondary N) is 2. The fraction of sp³-hybridized carbons (Fsp3) is 0.375. The van der Waals surface area contributed by atoms with Gasteiger partial charge in [0.25, 0.3) is 0 Å². The highest BCUT2D eigenvalue weighted by atomic mass is 35.5. The van der Waals surface area contributed by atoms with Crippen molar-refractivity contribution >= 4 is 35.0 Å². The van der Waals surface area contributed by atoms with Crippen LogP contribution < -0.4 is 10.6 Å². The summed E-state index contributed by atoms with van der Waals surface area (Å²) in [7, 11) is 0. The fourth-order valence-corrected chi connectivity index (χ4v) is 5.63. The van der Waals surface area contributed by atoms with Crippen LogP contribution >= 0.6 is 11.6 Å². The van der Waals surface area contributed by atoms with Crippen LogP contribution in [0.15, 0.2) is 42.5 Å². The third kappa shape index (κ3) is 2.97. The third-order valence-corrected chi connectivity index (χ3v) is 7.09. The van der Waals surface area contributed by atoms with E-state index in [-0.39, 0.29) is 5.56 Å². The van der Waals surface area contributed by atoms with E-state index in [2.05, 4.69) is 10.6 Å². The van der Waals surface area contributed by atoms with E-state index in [9.17, 15) is 23.9 Å². The molecule has 0 radical (unpaired) electrons. The largest absolute Gasteiger partial charge is 0.387 e. The molecular weight excluding hydrogens is 449 g/mol. The number of amides is 3. The summed E-state index contributed by atoms with van der Waals surface area (Å²) in [6.45, 7) is 5.20. The Labute approximate surface area is 194 Å². The molecule has 5 atom stereocenters. The topological polar surface area (TPSA) is 98.7 Å². The van der Waals surface area contributed by atoms with Gasteiger partial charge in [-0.15, -0.1) is 0 Å². The number of anilines is 1. The number of benzene rings is 2. The van der Waals surface area contributed by atoms with Crippen molar-refractivity contribution in [3.05, 3.63) is 64.4 Å². The summed E-state index contributed by atoms with van der Waals surface area (Å²) in [5.41, 5.74) is -1.43. The molecule has 3 aliphatic heterocycles. The van der Waals surface area contributed by atoms with Crippen molar-refractivity contribution in [3.8, 4) is 0 Å². The van der Waals surface area contributed by atoms with Crippen molar-refractivity contribution in [2.45, 2.75) is 44.0 Å². The Morgan fingerprint density at radius 2 is 1.76 bits per heavy atom. The van der Waals surface area contributed by atoms with E-state index in [0.717, 1.165) is 4.90 Å². The Morgan fingerprint density at radius 1 is 1.09 bits per heavy atom. The Hall–Kier alpha value is -2.81. The number of carbonyl (C=O) groups is 3. The highest BCUT2D eigenvalue weighted by Crippen LogP contribution is 2.55. The zero-order valence-corrected chi connectivity index (χ0v) is 19.0. The van der Waals surface area contributed by atoms with Crippen LogP contribution in [0, 0.1) is 17.7 Å². The van der Waals surface area contributed by atoms with Crippen LogP contribution in [0.5, 0.6) is 0 Å². The molecule has 3 N–H and O–H groups in total. The molecular formula is C24H23ClFN3O4. The third-order valence-electron chi connectivity index (χ3n) is 6.83. The van der Waals surface area contributed by atoms with Gasteiger partial charge >= 0.3 is 0 Å². The van der Waals surface area contributed by atoms with E-state index < -0.39 is 58.6 Å². The van der Waals surface area contributed by atoms with Crippen LogP contribution in [0.4, 0.5) is 10.1 Å². The molecule has 0 unspecified atom stereocenters. The average molecular weight is 472 g/mol. The summed E-state index contributed by atoms with van der Waals surface area (Å²) in [6, 6.07) is 9.34. The van der Waals surface area contributed by atoms with Gasteiger partial charge in [0.05, 0.1) is 24.0 Å². The molecule has 7 nitrogen and oxygen atoms in total. The highest BCUT2D eigenvalue weighted by molar-refractivity contribution is 6.30. The number of hydrogen-bond acceptors (Lipinski definition) is 5. The number of fused-ring (bicyclic) bond motifs is 4. The van der Waals surface area contributed by atoms with Crippen LogP contribution in [-0.2, 0) is 19.9 Å². The first-order valence-corrected chi connectivity index (χ1v) is 11.1. The van der Waals surface area contributed by atoms with Crippen molar-refractivity contribution in [1.29, 1.82) is 0 Å². The van der Waals surface area contributed by atoms with Gasteiger partial charge in [0.1, 0.15) is 11.4 Å². The molecule has 2 aromatic carbocycles. The SMILES string of the molecule is CC(C)(C)N1C(=O)[C@@H]2[C@@H]([C@H](O)c3ccc(Cl)cc3)N[C@@]3(C(=O)Nc4ccc(F)cc43)[C@H]2C1=O. The maximum Gasteiger partial charge on any atom is 0.250 e. The Kier molecular flexibility index (Phi) is 4.73. The number of halogens is 2. The molecule has 0 saturated carbocycles. The molecule has 2 fully saturated rings. The number of nitrogens with zero attached hydrogens (tertiary/aromatic N) is 1. The predicted molar refractivity (Wildman–Crippen MR) is 119 cm³/mol. The minimum atomic E-state index is -1.69. The first kappa shape index (κ1) is 22.0. The van der Waals surface area contributed by atoms with Crippen LogP contribution in [0.1, 0.15) is 38.0 Å². The molecule has 9 heteroatoms. The highest BCUT2D eigenvalue weighted by Gasteiger charge is 2.72. The summed E-state index contributed by atoms with van der Waals surface area (Å²) >= 11 is 5.97. The minimum absolute atomic E-state index is 0.255. The zero-order chi connectivity index (χ0) is 23.9. The summed E-state index contributed by atoms with van der Waals surface area (Å²) < 4.78 is 14.3. The number of carbonyl (C=O) groups excluding carboxylic acids is 3. The van der Waals surface area contributed by atoms with Gasteiger partial charge in [-0.05, 0) is 56.7 Å². The maximum absolute atomic E-state index is 14.3. The standard InChI is InChI=1S/C24H23ClFN3O4/c1-23(2,3)29-20(31)16-17(21(29)32)24(14-10-13(26)8-9-15(14)27-22(24)33)28-18(16)19(30)11-4-6-12(25)7-5-11/h4-10,16-19,28,30H,1-3H3,(H,27,33)/t16-,17+,18-,19+,24+/m0/s1. The number of rotatable bonds is 2. The maximum atomic E-state index is 14.3. The molecule has 172 valence electrons. The number of imide groups is 1. The van der Waals surface area contributed by atoms with Crippen LogP contribution in [0.3, 0.4) is 0 Å². The number of hydrogen-bond donors (Lipinski definition) is 3. The molecule has 1 spiro atoms. The van der Waals surface area contributed by atoms with Gasteiger partial charge in [-0.1, -0.05) is 23.7 Å². The Balaban J connectivity index is 1.69. The van der Waals surface area contributed by atoms with Crippen molar-refractivity contribution in [3.63, 3.8) is 0 Å². The fourth-order valence-electron chi connectivity index (χ4n) is 5.50. The van der Waals surface area contributed by atoms with Gasteiger partial charge in [0, 0.05) is 21.8 Å². The van der Waals surface area contributed by atoms with E-state index in [1.165, 1.54) is 18.2 Å². The summed E-state index contributed by atoms with van der Waals surface area (Å²) in [6.07, 6.45) is -1.23. The van der Waals surface area contributed by atoms with Crippen molar-refractivity contribution < 1.29 is 23.9 Å². The monoisotopic (exact) mass is 471 g/mol. The molecule has 3 heterocycles. The summed E-state index contributed by atoms with van der Waals surface area (Å²) in [5, 5.41) is 17.6. The lowest BCUT2D eigenvalue weighted by molar-refractivity contribution is -0.148. The van der Waals surface area contributed by atoms with E-state index in [1.54, 1.807) is 45.0 Å². The van der Waals surface area contributed by atoms with Gasteiger partial charge < -0.3 is 10.4 Å². The smallest absolute Gasteiger partial charge is 0.250 e. The number of aliphatic hydroxyl groups is 1. The number of likely N-dealkylation sites (tertiary alicyclic amines) is 1. The molecule has 0 aromatic heterocycles. The molecule has 5 rings (SSSR count). The van der Waals surface area contributed by atoms with Gasteiger partial charge in [0.2, 0.25) is 17.7 Å². The van der Waals surface area contributed by atoms with Crippen molar-refractivity contribution in [2.75, 3.05) is 5.32 Å². The summed E-state index contributed by atoms with van der Waals surface area (Å²) in [5.74, 6) is -4.29. The molecule has 0 bridgehead atoms. The van der Waals surface area contributed by atoms with Gasteiger partial charge in [-0.25, -0.2) is 4.39 Å². The molecule has 3 amide bonds. The second kappa shape index (κ2) is 7.09. The zero-order valence-electron chi connectivity index (χ0n) is 18.2. The second-order valence-electron chi connectivity index (χ2n) is 9.80. The van der Waals surface area contributed by atoms with Crippen LogP contribution in [0.25, 0.3) is 0 Å². The second-order valence-corrected chi connectivity index (χ2v) is 10.2.